The summed E-state index contributed by atoms with van der Waals surface area (Å²) in [7, 11) is 0. The van der Waals surface area contributed by atoms with Crippen LogP contribution in [-0.4, -0.2) is 20.4 Å². The van der Waals surface area contributed by atoms with Crippen molar-refractivity contribution in [1.82, 2.24) is 15.2 Å². The molecule has 5 nitrogen and oxygen atoms in total. The van der Waals surface area contributed by atoms with Crippen LogP contribution in [0.1, 0.15) is 11.3 Å². The van der Waals surface area contributed by atoms with E-state index in [1.807, 2.05) is 0 Å². The van der Waals surface area contributed by atoms with Crippen molar-refractivity contribution in [3.63, 3.8) is 0 Å². The Hall–Kier alpha value is -1.65. The highest BCUT2D eigenvalue weighted by Crippen LogP contribution is 2.10. The Morgan fingerprint density at radius 3 is 3.27 bits per heavy atom. The molecule has 11 heavy (non-hydrogen) atoms. The zero-order valence-corrected chi connectivity index (χ0v) is 5.56. The number of allylic oxidation sites excluding steroid dienone is 1. The van der Waals surface area contributed by atoms with Crippen LogP contribution in [0.25, 0.3) is 6.08 Å². The Balaban J connectivity index is 2.80. The molecule has 0 aromatic carbocycles. The molecule has 0 unspecified atom stereocenters. The maximum Gasteiger partial charge on any atom is 0.313 e. The lowest BCUT2D eigenvalue weighted by Gasteiger charge is -1.95. The number of aromatic nitrogens is 3. The van der Waals surface area contributed by atoms with E-state index in [2.05, 4.69) is 10.3 Å². The molecule has 0 bridgehead atoms. The van der Waals surface area contributed by atoms with E-state index in [1.165, 1.54) is 0 Å². The van der Waals surface area contributed by atoms with Crippen molar-refractivity contribution in [3.05, 3.63) is 27.7 Å². The van der Waals surface area contributed by atoms with Crippen LogP contribution in [0.5, 0.6) is 0 Å². The zero-order valence-electron chi connectivity index (χ0n) is 5.56. The summed E-state index contributed by atoms with van der Waals surface area (Å²) in [5, 5.41) is 15.6. The van der Waals surface area contributed by atoms with Gasteiger partial charge >= 0.3 is 5.56 Å². The predicted octanol–water partition coefficient (Wildman–Crippen LogP) is -0.555. The highest BCUT2D eigenvalue weighted by atomic mass is 16.5. The van der Waals surface area contributed by atoms with Gasteiger partial charge in [-0.3, -0.25) is 4.79 Å². The molecule has 5 heteroatoms. The van der Waals surface area contributed by atoms with Crippen molar-refractivity contribution in [2.45, 2.75) is 6.42 Å². The lowest BCUT2D eigenvalue weighted by Crippen LogP contribution is -2.24. The number of hydrogen-bond acceptors (Lipinski definition) is 4. The van der Waals surface area contributed by atoms with Crippen LogP contribution in [0, 0.1) is 0 Å². The number of nitrogens with zero attached hydrogens (tertiary/aromatic N) is 3. The average Bonchev–Trinajstić information content (AvgIpc) is 2.45. The lowest BCUT2D eigenvalue weighted by atomic mass is 10.3. The molecule has 0 radical (unpaired) electrons. The summed E-state index contributed by atoms with van der Waals surface area (Å²) >= 11 is 0. The molecular weight excluding hydrogens is 146 g/mol. The van der Waals surface area contributed by atoms with Gasteiger partial charge in [-0.1, -0.05) is 12.2 Å². The van der Waals surface area contributed by atoms with E-state index in [4.69, 9.17) is 5.21 Å². The topological polar surface area (TPSA) is 68.0 Å². The van der Waals surface area contributed by atoms with Crippen molar-refractivity contribution < 1.29 is 5.21 Å². The Bertz CT molecular complexity index is 380. The second kappa shape index (κ2) is 1.91. The fraction of sp³-hybridized carbons (Fsp3) is 0.167. The normalized spacial score (nSPS) is 13.5. The van der Waals surface area contributed by atoms with Gasteiger partial charge in [-0.2, -0.15) is 0 Å². The van der Waals surface area contributed by atoms with Crippen molar-refractivity contribution >= 4 is 6.08 Å². The monoisotopic (exact) mass is 151 g/mol. The van der Waals surface area contributed by atoms with Gasteiger partial charge < -0.3 is 5.21 Å². The first kappa shape index (κ1) is 6.09. The van der Waals surface area contributed by atoms with Crippen LogP contribution in [0.4, 0.5) is 0 Å². The molecule has 0 saturated heterocycles. The Labute approximate surface area is 61.5 Å². The summed E-state index contributed by atoms with van der Waals surface area (Å²) in [5.74, 6) is 0. The second-order valence-corrected chi connectivity index (χ2v) is 2.25. The van der Waals surface area contributed by atoms with Crippen LogP contribution in [0.15, 0.2) is 10.9 Å². The largest absolute Gasteiger partial charge is 0.407 e. The fourth-order valence-electron chi connectivity index (χ4n) is 1.03. The summed E-state index contributed by atoms with van der Waals surface area (Å²) in [4.78, 5) is 11.3. The molecule has 1 aromatic heterocycles. The molecular formula is C6H5N3O2. The summed E-state index contributed by atoms with van der Waals surface area (Å²) in [5.41, 5.74) is 0.548. The number of fused-ring (bicyclic) bond motifs is 1. The van der Waals surface area contributed by atoms with E-state index in [9.17, 15) is 4.79 Å². The van der Waals surface area contributed by atoms with E-state index >= 15 is 0 Å². The summed E-state index contributed by atoms with van der Waals surface area (Å²) in [6, 6.07) is 0. The minimum atomic E-state index is -0.510. The molecule has 1 aliphatic carbocycles. The zero-order chi connectivity index (χ0) is 7.84. The minimum Gasteiger partial charge on any atom is -0.407 e. The molecule has 1 heterocycles. The summed E-state index contributed by atoms with van der Waals surface area (Å²) in [6.07, 6.45) is 4.07. The highest BCUT2D eigenvalue weighted by Gasteiger charge is 2.12. The average molecular weight is 151 g/mol. The van der Waals surface area contributed by atoms with Gasteiger partial charge in [0.25, 0.3) is 0 Å². The van der Waals surface area contributed by atoms with Gasteiger partial charge in [0.15, 0.2) is 0 Å². The van der Waals surface area contributed by atoms with Gasteiger partial charge in [-0.05, 0) is 10.1 Å². The molecule has 0 saturated carbocycles. The summed E-state index contributed by atoms with van der Waals surface area (Å²) in [6.45, 7) is 0. The van der Waals surface area contributed by atoms with Crippen LogP contribution < -0.4 is 5.56 Å². The van der Waals surface area contributed by atoms with Crippen LogP contribution >= 0.6 is 0 Å². The fourth-order valence-corrected chi connectivity index (χ4v) is 1.03. The Morgan fingerprint density at radius 1 is 1.64 bits per heavy atom. The minimum absolute atomic E-state index is 0.245. The van der Waals surface area contributed by atoms with Gasteiger partial charge in [0.05, 0.1) is 11.3 Å². The Morgan fingerprint density at radius 2 is 2.45 bits per heavy atom. The van der Waals surface area contributed by atoms with Crippen molar-refractivity contribution in [1.29, 1.82) is 0 Å². The third kappa shape index (κ3) is 0.739. The second-order valence-electron chi connectivity index (χ2n) is 2.25. The standard InChI is InChI=1S/C6H5N3O2/c10-6-4-2-1-3-5(4)7-8-9(6)11/h1-2,11H,3H2. The van der Waals surface area contributed by atoms with E-state index in [1.54, 1.807) is 12.2 Å². The van der Waals surface area contributed by atoms with Crippen molar-refractivity contribution in [3.8, 4) is 0 Å². The third-order valence-electron chi connectivity index (χ3n) is 1.57. The molecule has 1 N–H and O–H groups in total. The van der Waals surface area contributed by atoms with Gasteiger partial charge in [0.2, 0.25) is 0 Å². The maximum atomic E-state index is 11.0. The number of rotatable bonds is 0. The molecule has 0 atom stereocenters. The first-order valence-corrected chi connectivity index (χ1v) is 3.14. The quantitative estimate of drug-likeness (QED) is 0.505. The first-order chi connectivity index (χ1) is 5.29. The molecule has 2 rings (SSSR count). The van der Waals surface area contributed by atoms with E-state index in [0.29, 0.717) is 17.7 Å². The molecule has 0 fully saturated rings. The molecule has 0 amide bonds. The summed E-state index contributed by atoms with van der Waals surface area (Å²) < 4.78 is 0. The van der Waals surface area contributed by atoms with Gasteiger partial charge in [-0.15, -0.1) is 5.10 Å². The molecule has 1 aliphatic rings. The van der Waals surface area contributed by atoms with Crippen molar-refractivity contribution in [2.24, 2.45) is 0 Å². The molecule has 1 aromatic rings. The van der Waals surface area contributed by atoms with Crippen LogP contribution in [0.3, 0.4) is 0 Å². The Kier molecular flexibility index (Phi) is 1.06. The van der Waals surface area contributed by atoms with E-state index < -0.39 is 5.56 Å². The molecule has 0 spiro atoms. The molecule has 0 aliphatic heterocycles. The SMILES string of the molecule is O=c1c2c(nnn1O)CC=C2. The predicted molar refractivity (Wildman–Crippen MR) is 36.2 cm³/mol. The third-order valence-corrected chi connectivity index (χ3v) is 1.57. The smallest absolute Gasteiger partial charge is 0.313 e. The van der Waals surface area contributed by atoms with Crippen molar-refractivity contribution in [2.75, 3.05) is 0 Å². The lowest BCUT2D eigenvalue weighted by molar-refractivity contribution is 0.124. The van der Waals surface area contributed by atoms with Gasteiger partial charge in [0.1, 0.15) is 0 Å². The van der Waals surface area contributed by atoms with Gasteiger partial charge in [-0.25, -0.2) is 0 Å². The number of hydrogen-bond donors (Lipinski definition) is 1. The van der Waals surface area contributed by atoms with Crippen LogP contribution in [0.2, 0.25) is 0 Å². The maximum absolute atomic E-state index is 11.0. The van der Waals surface area contributed by atoms with Gasteiger partial charge in [0, 0.05) is 6.42 Å². The van der Waals surface area contributed by atoms with Crippen LogP contribution in [-0.2, 0) is 6.42 Å². The van der Waals surface area contributed by atoms with E-state index in [-0.39, 0.29) is 4.85 Å². The van der Waals surface area contributed by atoms with E-state index in [0.717, 1.165) is 0 Å². The molecule has 56 valence electrons. The first-order valence-electron chi connectivity index (χ1n) is 3.14. The highest BCUT2D eigenvalue weighted by molar-refractivity contribution is 5.55.